The molecule has 3 heteroatoms. The number of halogens is 1. The molecular formula is C17H15ClN2. The van der Waals surface area contributed by atoms with Gasteiger partial charge in [0.25, 0.3) is 0 Å². The van der Waals surface area contributed by atoms with E-state index >= 15 is 0 Å². The number of aryl methyl sites for hydroxylation is 1. The van der Waals surface area contributed by atoms with Gasteiger partial charge in [-0.3, -0.25) is 0 Å². The minimum absolute atomic E-state index is 0.613. The van der Waals surface area contributed by atoms with Crippen LogP contribution in [0.15, 0.2) is 54.2 Å². The summed E-state index contributed by atoms with van der Waals surface area (Å²) in [6.45, 7) is 3.94. The lowest BCUT2D eigenvalue weighted by atomic mass is 10.1. The minimum atomic E-state index is 0.613. The normalized spacial score (nSPS) is 11.5. The summed E-state index contributed by atoms with van der Waals surface area (Å²) in [5.41, 5.74) is 4.46. The lowest BCUT2D eigenvalue weighted by Gasteiger charge is -2.10. The summed E-state index contributed by atoms with van der Waals surface area (Å²) in [6.07, 6.45) is 0. The topological polar surface area (TPSA) is 35.8 Å². The number of allylic oxidation sites excluding steroid dienone is 2. The molecule has 0 unspecified atom stereocenters. The lowest BCUT2D eigenvalue weighted by molar-refractivity contribution is 1.36. The van der Waals surface area contributed by atoms with E-state index in [9.17, 15) is 5.26 Å². The van der Waals surface area contributed by atoms with Gasteiger partial charge >= 0.3 is 0 Å². The first-order valence-electron chi connectivity index (χ1n) is 6.31. The molecule has 0 saturated heterocycles. The molecule has 0 aliphatic rings. The van der Waals surface area contributed by atoms with Crippen molar-refractivity contribution in [1.29, 1.82) is 5.26 Å². The number of anilines is 1. The zero-order valence-electron chi connectivity index (χ0n) is 11.4. The average Bonchev–Trinajstić information content (AvgIpc) is 2.44. The Morgan fingerprint density at radius 2 is 1.65 bits per heavy atom. The highest BCUT2D eigenvalue weighted by atomic mass is 35.5. The summed E-state index contributed by atoms with van der Waals surface area (Å²) in [7, 11) is 0. The van der Waals surface area contributed by atoms with E-state index in [1.165, 1.54) is 5.56 Å². The fourth-order valence-corrected chi connectivity index (χ4v) is 2.02. The van der Waals surface area contributed by atoms with Crippen LogP contribution in [0.5, 0.6) is 0 Å². The average molecular weight is 283 g/mol. The summed E-state index contributed by atoms with van der Waals surface area (Å²) in [5.74, 6) is 0. The van der Waals surface area contributed by atoms with Crippen molar-refractivity contribution in [2.45, 2.75) is 13.8 Å². The molecule has 0 atom stereocenters. The number of nitrogens with one attached hydrogen (secondary N) is 1. The molecule has 2 rings (SSSR count). The summed E-state index contributed by atoms with van der Waals surface area (Å²) >= 11 is 5.87. The Labute approximate surface area is 124 Å². The van der Waals surface area contributed by atoms with Crippen LogP contribution >= 0.6 is 11.6 Å². The van der Waals surface area contributed by atoms with Crippen molar-refractivity contribution >= 4 is 22.9 Å². The SMILES string of the molecule is C/C(Nc1ccc(C)cc1)=C(/C#N)c1ccc(Cl)cc1. The van der Waals surface area contributed by atoms with Gasteiger partial charge in [-0.15, -0.1) is 0 Å². The molecule has 0 aliphatic carbocycles. The molecule has 20 heavy (non-hydrogen) atoms. The Balaban J connectivity index is 2.30. The number of benzene rings is 2. The Bertz CT molecular complexity index is 662. The van der Waals surface area contributed by atoms with Crippen LogP contribution in [0.1, 0.15) is 18.1 Å². The fraction of sp³-hybridized carbons (Fsp3) is 0.118. The van der Waals surface area contributed by atoms with Crippen molar-refractivity contribution in [3.8, 4) is 6.07 Å². The van der Waals surface area contributed by atoms with Gasteiger partial charge in [0, 0.05) is 16.4 Å². The van der Waals surface area contributed by atoms with Crippen LogP contribution in [0.25, 0.3) is 5.57 Å². The van der Waals surface area contributed by atoms with Crippen molar-refractivity contribution in [3.63, 3.8) is 0 Å². The third-order valence-electron chi connectivity index (χ3n) is 3.00. The first-order valence-corrected chi connectivity index (χ1v) is 6.68. The standard InChI is InChI=1S/C17H15ClN2/c1-12-3-9-16(10-4-12)20-13(2)17(11-19)14-5-7-15(18)8-6-14/h3-10,20H,1-2H3/b17-13+. The zero-order chi connectivity index (χ0) is 14.5. The van der Waals surface area contributed by atoms with Crippen LogP contribution in [0.2, 0.25) is 5.02 Å². The van der Waals surface area contributed by atoms with E-state index in [1.54, 1.807) is 12.1 Å². The number of hydrogen-bond acceptors (Lipinski definition) is 2. The van der Waals surface area contributed by atoms with Crippen LogP contribution < -0.4 is 5.32 Å². The summed E-state index contributed by atoms with van der Waals surface area (Å²) < 4.78 is 0. The molecule has 2 aromatic rings. The summed E-state index contributed by atoms with van der Waals surface area (Å²) in [6, 6.07) is 17.6. The van der Waals surface area contributed by atoms with Gasteiger partial charge in [-0.05, 0) is 43.7 Å². The highest BCUT2D eigenvalue weighted by Crippen LogP contribution is 2.22. The van der Waals surface area contributed by atoms with Gasteiger partial charge in [0.15, 0.2) is 0 Å². The fourth-order valence-electron chi connectivity index (χ4n) is 1.90. The Hall–Kier alpha value is -2.24. The van der Waals surface area contributed by atoms with E-state index in [0.29, 0.717) is 10.6 Å². The second-order valence-corrected chi connectivity index (χ2v) is 5.05. The predicted octanol–water partition coefficient (Wildman–Crippen LogP) is 5.02. The van der Waals surface area contributed by atoms with Crippen LogP contribution in [0.3, 0.4) is 0 Å². The van der Waals surface area contributed by atoms with Crippen molar-refractivity contribution in [2.75, 3.05) is 5.32 Å². The molecule has 0 aromatic heterocycles. The van der Waals surface area contributed by atoms with Crippen LogP contribution in [-0.2, 0) is 0 Å². The number of rotatable bonds is 3. The molecule has 0 aliphatic heterocycles. The van der Waals surface area contributed by atoms with E-state index < -0.39 is 0 Å². The molecule has 100 valence electrons. The molecule has 1 N–H and O–H groups in total. The highest BCUT2D eigenvalue weighted by Gasteiger charge is 2.06. The number of nitrogens with zero attached hydrogens (tertiary/aromatic N) is 1. The van der Waals surface area contributed by atoms with E-state index in [1.807, 2.05) is 50.2 Å². The third kappa shape index (κ3) is 3.40. The van der Waals surface area contributed by atoms with Gasteiger partial charge in [-0.2, -0.15) is 5.26 Å². The van der Waals surface area contributed by atoms with Gasteiger partial charge in [0.05, 0.1) is 5.57 Å². The van der Waals surface area contributed by atoms with Crippen molar-refractivity contribution in [2.24, 2.45) is 0 Å². The van der Waals surface area contributed by atoms with Gasteiger partial charge < -0.3 is 5.32 Å². The molecule has 0 spiro atoms. The quantitative estimate of drug-likeness (QED) is 0.803. The lowest BCUT2D eigenvalue weighted by Crippen LogP contribution is -1.99. The Morgan fingerprint density at radius 3 is 2.20 bits per heavy atom. The van der Waals surface area contributed by atoms with Gasteiger partial charge in [-0.1, -0.05) is 41.4 Å². The smallest absolute Gasteiger partial charge is 0.102 e. The molecule has 0 saturated carbocycles. The molecule has 0 radical (unpaired) electrons. The molecular weight excluding hydrogens is 268 g/mol. The monoisotopic (exact) mass is 282 g/mol. The zero-order valence-corrected chi connectivity index (χ0v) is 12.2. The van der Waals surface area contributed by atoms with Crippen LogP contribution in [-0.4, -0.2) is 0 Å². The predicted molar refractivity (Wildman–Crippen MR) is 84.5 cm³/mol. The van der Waals surface area contributed by atoms with Crippen LogP contribution in [0.4, 0.5) is 5.69 Å². The maximum Gasteiger partial charge on any atom is 0.102 e. The minimum Gasteiger partial charge on any atom is -0.358 e. The van der Waals surface area contributed by atoms with Crippen molar-refractivity contribution in [3.05, 3.63) is 70.4 Å². The van der Waals surface area contributed by atoms with E-state index in [-0.39, 0.29) is 0 Å². The second-order valence-electron chi connectivity index (χ2n) is 4.61. The maximum atomic E-state index is 9.36. The van der Waals surface area contributed by atoms with Gasteiger partial charge in [0.1, 0.15) is 6.07 Å². The van der Waals surface area contributed by atoms with E-state index in [4.69, 9.17) is 11.6 Å². The van der Waals surface area contributed by atoms with Gasteiger partial charge in [-0.25, -0.2) is 0 Å². The third-order valence-corrected chi connectivity index (χ3v) is 3.26. The number of hydrogen-bond donors (Lipinski definition) is 1. The molecule has 2 aromatic carbocycles. The summed E-state index contributed by atoms with van der Waals surface area (Å²) in [5, 5.41) is 13.3. The molecule has 0 bridgehead atoms. The van der Waals surface area contributed by atoms with E-state index in [2.05, 4.69) is 11.4 Å². The summed E-state index contributed by atoms with van der Waals surface area (Å²) in [4.78, 5) is 0. The van der Waals surface area contributed by atoms with Gasteiger partial charge in [0.2, 0.25) is 0 Å². The van der Waals surface area contributed by atoms with E-state index in [0.717, 1.165) is 16.9 Å². The first-order chi connectivity index (χ1) is 9.60. The molecule has 2 nitrogen and oxygen atoms in total. The number of nitriles is 1. The van der Waals surface area contributed by atoms with Crippen LogP contribution in [0, 0.1) is 18.3 Å². The van der Waals surface area contributed by atoms with Crippen molar-refractivity contribution < 1.29 is 0 Å². The Kier molecular flexibility index (Phi) is 4.45. The highest BCUT2D eigenvalue weighted by molar-refractivity contribution is 6.30. The largest absolute Gasteiger partial charge is 0.358 e. The molecule has 0 heterocycles. The molecule has 0 amide bonds. The molecule has 0 fully saturated rings. The van der Waals surface area contributed by atoms with Crippen molar-refractivity contribution in [1.82, 2.24) is 0 Å². The second kappa shape index (κ2) is 6.27. The maximum absolute atomic E-state index is 9.36. The Morgan fingerprint density at radius 1 is 1.05 bits per heavy atom. The first kappa shape index (κ1) is 14.2.